The minimum atomic E-state index is -1.49. The van der Waals surface area contributed by atoms with Gasteiger partial charge in [-0.1, -0.05) is 62.7 Å². The van der Waals surface area contributed by atoms with Crippen molar-refractivity contribution in [1.29, 1.82) is 0 Å². The molecule has 0 bridgehead atoms. The van der Waals surface area contributed by atoms with Gasteiger partial charge in [0.15, 0.2) is 0 Å². The minimum absolute atomic E-state index is 0.0996. The Bertz CT molecular complexity index is 2600. The highest BCUT2D eigenvalue weighted by Crippen LogP contribution is 2.27. The highest BCUT2D eigenvalue weighted by molar-refractivity contribution is 7.09. The molecule has 0 aliphatic carbocycles. The number of carbonyl (C=O) groups is 8. The number of nitrogens with zero attached hydrogens (tertiary/aromatic N) is 3. The summed E-state index contributed by atoms with van der Waals surface area (Å²) in [7, 11) is 1.36. The van der Waals surface area contributed by atoms with E-state index in [0.29, 0.717) is 47.9 Å². The number of nitrogens with one attached hydrogen (secondary N) is 4. The molecule has 20 nitrogen and oxygen atoms in total. The van der Waals surface area contributed by atoms with Crippen molar-refractivity contribution >= 4 is 64.8 Å². The Morgan fingerprint density at radius 1 is 0.831 bits per heavy atom. The number of hydrogen-bond acceptors (Lipinski definition) is 15. The number of likely N-dealkylation sites (tertiary alicyclic amines) is 2. The summed E-state index contributed by atoms with van der Waals surface area (Å²) in [5.41, 5.74) is 2.67. The molecule has 7 atom stereocenters. The first-order valence-electron chi connectivity index (χ1n) is 26.1. The number of methoxy groups -OCH3 is 1. The highest BCUT2D eigenvalue weighted by Gasteiger charge is 2.43. The molecular formula is C56H75N7O13S. The van der Waals surface area contributed by atoms with Crippen LogP contribution in [0.25, 0.3) is 6.08 Å². The molecule has 2 fully saturated rings. The number of thiazole rings is 1. The number of rotatable bonds is 25. The van der Waals surface area contributed by atoms with Crippen molar-refractivity contribution < 1.29 is 62.4 Å². The zero-order chi connectivity index (χ0) is 56.4. The first kappa shape index (κ1) is 60.9. The summed E-state index contributed by atoms with van der Waals surface area (Å²) in [6.45, 7) is 13.6. The van der Waals surface area contributed by atoms with Gasteiger partial charge in [0.2, 0.25) is 29.4 Å². The quantitative estimate of drug-likeness (QED) is 0.0319. The van der Waals surface area contributed by atoms with E-state index in [-0.39, 0.29) is 45.6 Å². The molecule has 0 unspecified atom stereocenters. The van der Waals surface area contributed by atoms with Gasteiger partial charge in [0.05, 0.1) is 37.6 Å². The number of ketones is 1. The molecule has 21 heteroatoms. The molecule has 5 rings (SSSR count). The van der Waals surface area contributed by atoms with Gasteiger partial charge in [-0.15, -0.1) is 11.3 Å². The summed E-state index contributed by atoms with van der Waals surface area (Å²) in [6.07, 6.45) is 4.52. The van der Waals surface area contributed by atoms with Crippen LogP contribution in [0.5, 0.6) is 5.75 Å². The number of esters is 1. The standard InChI is InChI=1S/C56H75N7O13S/c1-10-35(4)46(61-49(67)45-20-16-25-62(45)52(69)42(30-64)59-48(66)44-19-15-26-63(44)53(70)43(32-73-9)60-55(72)76-56(6,7)8)47(65)50(68)58-41(29-37-21-23-40(24-22-37)75-31-38-17-13-12-14-18-38)51-57-39(33-77-51)28-34(3)27-36(5)54(71)74-11-2/h12-14,17-18,21-24,27-28,33,35,41-46,64H,10-11,15-16,19-20,25-26,29-32H2,1-9H3,(H,58,68)(H,59,66)(H,60,72)(H,61,67)/b34-28+,36-27-/t35-,41+,42+,43-,44+,45+,46+/m1/s1. The molecule has 2 saturated heterocycles. The zero-order valence-electron chi connectivity index (χ0n) is 45.6. The lowest BCUT2D eigenvalue weighted by atomic mass is 9.94. The van der Waals surface area contributed by atoms with Crippen molar-refractivity contribution in [2.45, 2.75) is 142 Å². The van der Waals surface area contributed by atoms with E-state index in [0.717, 1.165) is 16.7 Å². The summed E-state index contributed by atoms with van der Waals surface area (Å²) >= 11 is 1.28. The maximum absolute atomic E-state index is 14.3. The third kappa shape index (κ3) is 17.8. The molecule has 3 heterocycles. The Morgan fingerprint density at radius 3 is 2.04 bits per heavy atom. The summed E-state index contributed by atoms with van der Waals surface area (Å²) in [6, 6.07) is 10.2. The normalized spacial score (nSPS) is 17.8. The minimum Gasteiger partial charge on any atom is -0.489 e. The highest BCUT2D eigenvalue weighted by atomic mass is 32.1. The second kappa shape index (κ2) is 29.0. The van der Waals surface area contributed by atoms with Crippen molar-refractivity contribution in [3.8, 4) is 5.75 Å². The molecule has 3 aromatic rings. The third-order valence-corrected chi connectivity index (χ3v) is 14.0. The largest absolute Gasteiger partial charge is 0.489 e. The summed E-state index contributed by atoms with van der Waals surface area (Å²) < 4.78 is 21.6. The van der Waals surface area contributed by atoms with E-state index in [2.05, 4.69) is 21.3 Å². The third-order valence-electron chi connectivity index (χ3n) is 13.0. The molecule has 1 aromatic heterocycles. The van der Waals surface area contributed by atoms with E-state index >= 15 is 0 Å². The zero-order valence-corrected chi connectivity index (χ0v) is 46.4. The van der Waals surface area contributed by atoms with Gasteiger partial charge in [-0.3, -0.25) is 28.8 Å². The van der Waals surface area contributed by atoms with E-state index in [1.54, 1.807) is 59.1 Å². The molecule has 0 radical (unpaired) electrons. The maximum atomic E-state index is 14.3. The fourth-order valence-electron chi connectivity index (χ4n) is 8.92. The van der Waals surface area contributed by atoms with Crippen molar-refractivity contribution in [2.75, 3.05) is 40.0 Å². The maximum Gasteiger partial charge on any atom is 0.408 e. The van der Waals surface area contributed by atoms with Crippen molar-refractivity contribution in [3.63, 3.8) is 0 Å². The number of allylic oxidation sites excluding steroid dienone is 2. The van der Waals surface area contributed by atoms with Crippen molar-refractivity contribution in [3.05, 3.63) is 99.0 Å². The number of aliphatic hydroxyl groups is 1. The number of carbonyl (C=O) groups excluding carboxylic acids is 8. The number of Topliss-reactive ketones (excluding diaryl/α,β-unsaturated/α-hetero) is 1. The Labute approximate surface area is 454 Å². The monoisotopic (exact) mass is 1090 g/mol. The average molecular weight is 1090 g/mol. The lowest BCUT2D eigenvalue weighted by molar-refractivity contribution is -0.145. The van der Waals surface area contributed by atoms with Gasteiger partial charge in [-0.2, -0.15) is 0 Å². The number of ether oxygens (including phenoxy) is 4. The molecule has 2 aliphatic heterocycles. The van der Waals surface area contributed by atoms with Gasteiger partial charge in [-0.25, -0.2) is 14.6 Å². The SMILES string of the molecule is CCOC(=O)/C(C)=C\C(C)=C\c1csc([C@H](Cc2ccc(OCc3ccccc3)cc2)NC(=O)C(=O)[C@@H](NC(=O)[C@@H]2CCCN2C(=O)[C@H](CO)NC(=O)[C@@H]2CCCN2C(=O)[C@@H](COC)NC(=O)OC(C)(C)C)[C@H](C)CC)n1. The number of alkyl carbamates (subject to hydrolysis) is 1. The van der Waals surface area contributed by atoms with Crippen molar-refractivity contribution in [1.82, 2.24) is 36.1 Å². The van der Waals surface area contributed by atoms with E-state index in [4.69, 9.17) is 23.9 Å². The lowest BCUT2D eigenvalue weighted by Crippen LogP contribution is -2.60. The van der Waals surface area contributed by atoms with Gasteiger partial charge in [0.25, 0.3) is 5.91 Å². The van der Waals surface area contributed by atoms with E-state index in [1.807, 2.05) is 68.4 Å². The number of hydrogen-bond donors (Lipinski definition) is 5. The molecule has 0 spiro atoms. The van der Waals surface area contributed by atoms with E-state index in [1.165, 1.54) is 28.2 Å². The molecule has 77 heavy (non-hydrogen) atoms. The fourth-order valence-corrected chi connectivity index (χ4v) is 9.75. The summed E-state index contributed by atoms with van der Waals surface area (Å²) in [4.78, 5) is 117. The Kier molecular flexibility index (Phi) is 22.9. The molecule has 0 saturated carbocycles. The van der Waals surface area contributed by atoms with Crippen LogP contribution in [0.3, 0.4) is 0 Å². The van der Waals surface area contributed by atoms with Crippen LogP contribution >= 0.6 is 11.3 Å². The molecule has 2 aliphatic rings. The van der Waals surface area contributed by atoms with Crippen LogP contribution in [0.4, 0.5) is 4.79 Å². The van der Waals surface area contributed by atoms with Crippen LogP contribution in [0.1, 0.15) is 115 Å². The predicted octanol–water partition coefficient (Wildman–Crippen LogP) is 5.13. The number of aliphatic hydroxyl groups excluding tert-OH is 1. The Morgan fingerprint density at radius 2 is 1.45 bits per heavy atom. The van der Waals surface area contributed by atoms with Gasteiger partial charge in [0.1, 0.15) is 47.1 Å². The van der Waals surface area contributed by atoms with Crippen LogP contribution < -0.4 is 26.0 Å². The molecular weight excluding hydrogens is 1010 g/mol. The predicted molar refractivity (Wildman–Crippen MR) is 288 cm³/mol. The Balaban J connectivity index is 1.30. The number of aromatic nitrogens is 1. The molecule has 2 aromatic carbocycles. The van der Waals surface area contributed by atoms with Gasteiger partial charge >= 0.3 is 12.1 Å². The second-order valence-electron chi connectivity index (χ2n) is 20.2. The van der Waals surface area contributed by atoms with Gasteiger partial charge < -0.3 is 55.1 Å². The van der Waals surface area contributed by atoms with E-state index in [9.17, 15) is 43.5 Å². The molecule has 418 valence electrons. The number of amides is 6. The van der Waals surface area contributed by atoms with Gasteiger partial charge in [0, 0.05) is 31.2 Å². The first-order chi connectivity index (χ1) is 36.7. The number of benzene rings is 2. The van der Waals surface area contributed by atoms with Crippen molar-refractivity contribution in [2.24, 2.45) is 5.92 Å². The summed E-state index contributed by atoms with van der Waals surface area (Å²) in [5.74, 6) is -4.95. The van der Waals surface area contributed by atoms with E-state index < -0.39 is 102 Å². The van der Waals surface area contributed by atoms with Crippen LogP contribution in [0, 0.1) is 5.92 Å². The van der Waals surface area contributed by atoms with Gasteiger partial charge in [-0.05, 0) is 121 Å². The smallest absolute Gasteiger partial charge is 0.408 e. The first-order valence-corrected chi connectivity index (χ1v) is 26.9. The van der Waals surface area contributed by atoms with Crippen LogP contribution in [0.2, 0.25) is 0 Å². The fraction of sp³-hybridized carbons (Fsp3) is 0.518. The lowest BCUT2D eigenvalue weighted by Gasteiger charge is -2.32. The Hall–Kier alpha value is -6.97. The molecule has 6 amide bonds. The summed E-state index contributed by atoms with van der Waals surface area (Å²) in [5, 5.41) is 23.5. The van der Waals surface area contributed by atoms with Crippen LogP contribution in [-0.4, -0.2) is 143 Å². The van der Waals surface area contributed by atoms with Crippen LogP contribution in [0.15, 0.2) is 77.2 Å². The topological polar surface area (TPSA) is 261 Å². The second-order valence-corrected chi connectivity index (χ2v) is 21.1. The molecule has 5 N–H and O–H groups in total. The van der Waals surface area contributed by atoms with Crippen LogP contribution in [-0.2, 0) is 60.8 Å². The average Bonchev–Trinajstić information content (AvgIpc) is 4.21.